The Morgan fingerprint density at radius 3 is 1.64 bits per heavy atom. The van der Waals surface area contributed by atoms with Crippen LogP contribution < -0.4 is 14.4 Å². The van der Waals surface area contributed by atoms with Crippen LogP contribution in [-0.4, -0.2) is 0 Å². The second-order valence-electron chi connectivity index (χ2n) is 12.1. The fraction of sp³-hybridized carbons (Fsp3) is 0. The number of fused-ring (bicyclic) bond motifs is 6. The lowest BCUT2D eigenvalue weighted by Crippen LogP contribution is -2.20. The Hall–Kier alpha value is -6.32. The van der Waals surface area contributed by atoms with Gasteiger partial charge in [0.2, 0.25) is 0 Å². The molecule has 3 nitrogen and oxygen atoms in total. The molecular formula is C44H27NO2. The highest BCUT2D eigenvalue weighted by molar-refractivity contribution is 6.12. The summed E-state index contributed by atoms with van der Waals surface area (Å²) in [4.78, 5) is 2.26. The predicted molar refractivity (Wildman–Crippen MR) is 193 cm³/mol. The highest BCUT2D eigenvalue weighted by Gasteiger charge is 2.34. The number of hydrogen-bond acceptors (Lipinski definition) is 3. The third-order valence-corrected chi connectivity index (χ3v) is 9.43. The lowest BCUT2D eigenvalue weighted by atomic mass is 9.90. The Balaban J connectivity index is 1.07. The van der Waals surface area contributed by atoms with E-state index in [4.69, 9.17) is 9.47 Å². The third-order valence-electron chi connectivity index (χ3n) is 9.43. The lowest BCUT2D eigenvalue weighted by molar-refractivity contribution is 0.446. The highest BCUT2D eigenvalue weighted by Crippen LogP contribution is 2.59. The van der Waals surface area contributed by atoms with Gasteiger partial charge in [0.25, 0.3) is 0 Å². The molecular weight excluding hydrogens is 574 g/mol. The summed E-state index contributed by atoms with van der Waals surface area (Å²) in [6, 6.07) is 58.0. The van der Waals surface area contributed by atoms with Crippen LogP contribution in [0.3, 0.4) is 0 Å². The first kappa shape index (κ1) is 26.0. The van der Waals surface area contributed by atoms with Crippen molar-refractivity contribution in [2.24, 2.45) is 0 Å². The number of anilines is 3. The van der Waals surface area contributed by atoms with E-state index in [2.05, 4.69) is 132 Å². The molecule has 0 aromatic heterocycles. The molecule has 0 radical (unpaired) electrons. The van der Waals surface area contributed by atoms with Crippen LogP contribution in [0.5, 0.6) is 23.0 Å². The summed E-state index contributed by atoms with van der Waals surface area (Å²) in [7, 11) is 0. The van der Waals surface area contributed by atoms with Gasteiger partial charge in [-0.2, -0.15) is 0 Å². The number of para-hydroxylation sites is 3. The molecule has 0 fully saturated rings. The summed E-state index contributed by atoms with van der Waals surface area (Å²) < 4.78 is 12.8. The molecule has 0 atom stereocenters. The number of rotatable bonds is 3. The zero-order chi connectivity index (χ0) is 30.9. The van der Waals surface area contributed by atoms with Gasteiger partial charge in [-0.3, -0.25) is 4.90 Å². The van der Waals surface area contributed by atoms with Gasteiger partial charge in [-0.25, -0.2) is 0 Å². The molecule has 2 aliphatic rings. The Labute approximate surface area is 272 Å². The van der Waals surface area contributed by atoms with E-state index in [0.717, 1.165) is 51.2 Å². The zero-order valence-corrected chi connectivity index (χ0v) is 25.4. The predicted octanol–water partition coefficient (Wildman–Crippen LogP) is 12.7. The van der Waals surface area contributed by atoms with E-state index in [9.17, 15) is 0 Å². The molecule has 47 heavy (non-hydrogen) atoms. The van der Waals surface area contributed by atoms with Gasteiger partial charge in [0.05, 0.1) is 11.4 Å². The smallest absolute Gasteiger partial charge is 0.155 e. The SMILES string of the molecule is c1ccc2c(c1)Oc1cccc3c1N2c1ccc(-c2ccccc2-c2ccc(-c4c5ccccc5cc5ccccc45)cc2)cc1O3. The Morgan fingerprint density at radius 2 is 0.894 bits per heavy atom. The summed E-state index contributed by atoms with van der Waals surface area (Å²) in [5.74, 6) is 3.23. The molecule has 0 unspecified atom stereocenters. The summed E-state index contributed by atoms with van der Waals surface area (Å²) in [5.41, 5.74) is 10.0. The molecule has 0 spiro atoms. The van der Waals surface area contributed by atoms with Crippen LogP contribution in [0, 0.1) is 0 Å². The quantitative estimate of drug-likeness (QED) is 0.188. The van der Waals surface area contributed by atoms with Crippen LogP contribution >= 0.6 is 0 Å². The van der Waals surface area contributed by atoms with Crippen LogP contribution in [0.2, 0.25) is 0 Å². The molecule has 220 valence electrons. The van der Waals surface area contributed by atoms with E-state index in [0.29, 0.717) is 0 Å². The van der Waals surface area contributed by atoms with E-state index < -0.39 is 0 Å². The maximum Gasteiger partial charge on any atom is 0.155 e. The van der Waals surface area contributed by atoms with Gasteiger partial charge in [0.15, 0.2) is 23.0 Å². The molecule has 8 aromatic rings. The summed E-state index contributed by atoms with van der Waals surface area (Å²) >= 11 is 0. The Kier molecular flexibility index (Phi) is 5.57. The lowest BCUT2D eigenvalue weighted by Gasteiger charge is -2.37. The number of benzene rings is 8. The Morgan fingerprint density at radius 1 is 0.362 bits per heavy atom. The van der Waals surface area contributed by atoms with Gasteiger partial charge >= 0.3 is 0 Å². The minimum atomic E-state index is 0.784. The van der Waals surface area contributed by atoms with E-state index in [-0.39, 0.29) is 0 Å². The molecule has 0 N–H and O–H groups in total. The highest BCUT2D eigenvalue weighted by atomic mass is 16.5. The van der Waals surface area contributed by atoms with E-state index in [1.165, 1.54) is 43.8 Å². The van der Waals surface area contributed by atoms with Crippen LogP contribution in [0.4, 0.5) is 17.1 Å². The standard InChI is InChI=1S/C44H27NO2/c1-3-14-35-30(10-1)26-31-11-2-4-15-36(31)43(35)29-22-20-28(21-23-29)33-12-5-6-13-34(33)32-24-25-38-42(27-32)47-41-19-9-18-40-44(41)45(38)37-16-7-8-17-39(37)46-40/h1-27H. The van der Waals surface area contributed by atoms with Crippen molar-refractivity contribution in [2.45, 2.75) is 0 Å². The van der Waals surface area contributed by atoms with Crippen LogP contribution in [0.25, 0.3) is 54.9 Å². The molecule has 3 heteroatoms. The second-order valence-corrected chi connectivity index (χ2v) is 12.1. The number of nitrogens with zero attached hydrogens (tertiary/aromatic N) is 1. The van der Waals surface area contributed by atoms with E-state index >= 15 is 0 Å². The van der Waals surface area contributed by atoms with Gasteiger partial charge in [-0.05, 0) is 97.4 Å². The van der Waals surface area contributed by atoms with Gasteiger partial charge in [0, 0.05) is 0 Å². The maximum absolute atomic E-state index is 6.56. The fourth-order valence-corrected chi connectivity index (χ4v) is 7.30. The number of ether oxygens (including phenoxy) is 2. The minimum Gasteiger partial charge on any atom is -0.453 e. The average molecular weight is 602 g/mol. The van der Waals surface area contributed by atoms with Crippen LogP contribution in [-0.2, 0) is 0 Å². The fourth-order valence-electron chi connectivity index (χ4n) is 7.30. The van der Waals surface area contributed by atoms with Gasteiger partial charge in [0.1, 0.15) is 5.69 Å². The average Bonchev–Trinajstić information content (AvgIpc) is 3.13. The molecule has 2 aliphatic heterocycles. The molecule has 0 aliphatic carbocycles. The molecule has 0 amide bonds. The van der Waals surface area contributed by atoms with Crippen molar-refractivity contribution in [3.05, 3.63) is 164 Å². The minimum absolute atomic E-state index is 0.784. The topological polar surface area (TPSA) is 21.7 Å². The second kappa shape index (κ2) is 10.1. The van der Waals surface area contributed by atoms with Crippen molar-refractivity contribution in [3.63, 3.8) is 0 Å². The first-order valence-corrected chi connectivity index (χ1v) is 15.9. The molecule has 8 aromatic carbocycles. The summed E-state index contributed by atoms with van der Waals surface area (Å²) in [6.45, 7) is 0. The summed E-state index contributed by atoms with van der Waals surface area (Å²) in [6.07, 6.45) is 0. The van der Waals surface area contributed by atoms with Crippen molar-refractivity contribution in [1.82, 2.24) is 0 Å². The van der Waals surface area contributed by atoms with Gasteiger partial charge < -0.3 is 9.47 Å². The van der Waals surface area contributed by atoms with E-state index in [1.807, 2.05) is 36.4 Å². The first-order chi connectivity index (χ1) is 23.3. The number of hydrogen-bond donors (Lipinski definition) is 0. The molecule has 2 heterocycles. The molecule has 0 saturated heterocycles. The van der Waals surface area contributed by atoms with Crippen molar-refractivity contribution < 1.29 is 9.47 Å². The van der Waals surface area contributed by atoms with Gasteiger partial charge in [-0.1, -0.05) is 121 Å². The van der Waals surface area contributed by atoms with Gasteiger partial charge in [-0.15, -0.1) is 0 Å². The molecule has 10 rings (SSSR count). The normalized spacial score (nSPS) is 12.6. The first-order valence-electron chi connectivity index (χ1n) is 15.9. The van der Waals surface area contributed by atoms with E-state index in [1.54, 1.807) is 0 Å². The van der Waals surface area contributed by atoms with Crippen molar-refractivity contribution in [1.29, 1.82) is 0 Å². The summed E-state index contributed by atoms with van der Waals surface area (Å²) in [5, 5.41) is 5.05. The monoisotopic (exact) mass is 601 g/mol. The maximum atomic E-state index is 6.56. The Bertz CT molecular complexity index is 2480. The largest absolute Gasteiger partial charge is 0.453 e. The third kappa shape index (κ3) is 4.00. The van der Waals surface area contributed by atoms with Crippen molar-refractivity contribution in [3.8, 4) is 56.4 Å². The van der Waals surface area contributed by atoms with Crippen LogP contribution in [0.15, 0.2) is 164 Å². The zero-order valence-electron chi connectivity index (χ0n) is 25.4. The molecule has 0 bridgehead atoms. The van der Waals surface area contributed by atoms with Crippen molar-refractivity contribution >= 4 is 38.6 Å². The molecule has 0 saturated carbocycles. The van der Waals surface area contributed by atoms with Crippen molar-refractivity contribution in [2.75, 3.05) is 4.90 Å². The van der Waals surface area contributed by atoms with Crippen LogP contribution in [0.1, 0.15) is 0 Å².